The number of halogens is 1. The van der Waals surface area contributed by atoms with Crippen LogP contribution in [0.3, 0.4) is 0 Å². The van der Waals surface area contributed by atoms with E-state index < -0.39 is 0 Å². The van der Waals surface area contributed by atoms with Gasteiger partial charge in [-0.15, -0.1) is 0 Å². The van der Waals surface area contributed by atoms with Crippen molar-refractivity contribution in [3.63, 3.8) is 0 Å². The summed E-state index contributed by atoms with van der Waals surface area (Å²) in [6.07, 6.45) is 3.62. The number of nitrogens with one attached hydrogen (secondary N) is 1. The van der Waals surface area contributed by atoms with E-state index in [0.717, 1.165) is 31.2 Å². The Morgan fingerprint density at radius 3 is 2.94 bits per heavy atom. The molecule has 0 radical (unpaired) electrons. The van der Waals surface area contributed by atoms with Gasteiger partial charge in [-0.2, -0.15) is 0 Å². The average molecular weight is 249 g/mol. The molecule has 96 valence electrons. The highest BCUT2D eigenvalue weighted by atomic mass is 19.1. The van der Waals surface area contributed by atoms with Gasteiger partial charge in [-0.3, -0.25) is 4.79 Å². The summed E-state index contributed by atoms with van der Waals surface area (Å²) >= 11 is 0. The topological polar surface area (TPSA) is 38.3 Å². The Labute approximate surface area is 105 Å². The van der Waals surface area contributed by atoms with E-state index in [9.17, 15) is 9.18 Å². The maximum Gasteiger partial charge on any atom is 0.223 e. The van der Waals surface area contributed by atoms with Crippen molar-refractivity contribution in [2.45, 2.75) is 31.7 Å². The van der Waals surface area contributed by atoms with Crippen LogP contribution >= 0.6 is 0 Å². The SMILES string of the molecule is O=C(NC1CCCOc2ccc(F)cc21)C1CC1. The second kappa shape index (κ2) is 4.59. The number of amides is 1. The van der Waals surface area contributed by atoms with Crippen molar-refractivity contribution >= 4 is 5.91 Å². The van der Waals surface area contributed by atoms with E-state index in [0.29, 0.717) is 12.4 Å². The fraction of sp³-hybridized carbons (Fsp3) is 0.500. The Balaban J connectivity index is 1.85. The Morgan fingerprint density at radius 1 is 1.33 bits per heavy atom. The quantitative estimate of drug-likeness (QED) is 0.874. The Hall–Kier alpha value is -1.58. The lowest BCUT2D eigenvalue weighted by Crippen LogP contribution is -2.29. The van der Waals surface area contributed by atoms with Gasteiger partial charge in [0.05, 0.1) is 12.6 Å². The number of fused-ring (bicyclic) bond motifs is 1. The molecular weight excluding hydrogens is 233 g/mol. The van der Waals surface area contributed by atoms with E-state index in [-0.39, 0.29) is 23.7 Å². The highest BCUT2D eigenvalue weighted by Gasteiger charge is 2.32. The molecule has 1 fully saturated rings. The summed E-state index contributed by atoms with van der Waals surface area (Å²) in [6.45, 7) is 0.619. The summed E-state index contributed by atoms with van der Waals surface area (Å²) in [4.78, 5) is 11.8. The average Bonchev–Trinajstić information content (AvgIpc) is 3.17. The molecule has 0 aromatic heterocycles. The van der Waals surface area contributed by atoms with Gasteiger partial charge in [0.2, 0.25) is 5.91 Å². The minimum absolute atomic E-state index is 0.0945. The van der Waals surface area contributed by atoms with Gasteiger partial charge in [-0.05, 0) is 43.9 Å². The second-order valence-corrected chi connectivity index (χ2v) is 5.01. The standard InChI is InChI=1S/C14H16FNO2/c15-10-5-6-13-11(8-10)12(2-1-7-18-13)16-14(17)9-3-4-9/h5-6,8-9,12H,1-4,7H2,(H,16,17). The molecule has 1 unspecified atom stereocenters. The third-order valence-corrected chi connectivity index (χ3v) is 3.51. The lowest BCUT2D eigenvalue weighted by molar-refractivity contribution is -0.123. The molecule has 1 aliphatic heterocycles. The molecule has 1 heterocycles. The molecule has 18 heavy (non-hydrogen) atoms. The van der Waals surface area contributed by atoms with Crippen LogP contribution in [-0.4, -0.2) is 12.5 Å². The van der Waals surface area contributed by atoms with E-state index in [1.54, 1.807) is 6.07 Å². The molecule has 3 nitrogen and oxygen atoms in total. The molecule has 0 saturated heterocycles. The fourth-order valence-electron chi connectivity index (χ4n) is 2.33. The van der Waals surface area contributed by atoms with Crippen LogP contribution in [0.1, 0.15) is 37.3 Å². The maximum atomic E-state index is 13.3. The molecule has 4 heteroatoms. The molecule has 1 atom stereocenters. The van der Waals surface area contributed by atoms with Crippen molar-refractivity contribution in [3.8, 4) is 5.75 Å². The first-order chi connectivity index (χ1) is 8.74. The van der Waals surface area contributed by atoms with Crippen molar-refractivity contribution in [2.75, 3.05) is 6.61 Å². The van der Waals surface area contributed by atoms with Crippen LogP contribution in [0.25, 0.3) is 0 Å². The van der Waals surface area contributed by atoms with Gasteiger partial charge in [-0.25, -0.2) is 4.39 Å². The highest BCUT2D eigenvalue weighted by molar-refractivity contribution is 5.81. The zero-order chi connectivity index (χ0) is 12.5. The van der Waals surface area contributed by atoms with Crippen molar-refractivity contribution < 1.29 is 13.9 Å². The number of hydrogen-bond acceptors (Lipinski definition) is 2. The van der Waals surface area contributed by atoms with E-state index >= 15 is 0 Å². The molecule has 3 rings (SSSR count). The zero-order valence-electron chi connectivity index (χ0n) is 10.1. The number of carbonyl (C=O) groups is 1. The Morgan fingerprint density at radius 2 is 2.17 bits per heavy atom. The molecule has 1 saturated carbocycles. The first-order valence-corrected chi connectivity index (χ1v) is 6.46. The number of hydrogen-bond donors (Lipinski definition) is 1. The number of carbonyl (C=O) groups excluding carboxylic acids is 1. The Kier molecular flexibility index (Phi) is 2.94. The lowest BCUT2D eigenvalue weighted by Gasteiger charge is -2.18. The fourth-order valence-corrected chi connectivity index (χ4v) is 2.33. The van der Waals surface area contributed by atoms with E-state index in [1.807, 2.05) is 0 Å². The minimum atomic E-state index is -0.287. The minimum Gasteiger partial charge on any atom is -0.493 e. The normalized spacial score (nSPS) is 22.6. The van der Waals surface area contributed by atoms with Crippen LogP contribution in [0.15, 0.2) is 18.2 Å². The monoisotopic (exact) mass is 249 g/mol. The first-order valence-electron chi connectivity index (χ1n) is 6.46. The number of ether oxygens (including phenoxy) is 1. The predicted octanol–water partition coefficient (Wildman–Crippen LogP) is 2.57. The second-order valence-electron chi connectivity index (χ2n) is 5.01. The highest BCUT2D eigenvalue weighted by Crippen LogP contribution is 2.34. The molecule has 1 aliphatic carbocycles. The van der Waals surface area contributed by atoms with Crippen LogP contribution < -0.4 is 10.1 Å². The lowest BCUT2D eigenvalue weighted by atomic mass is 10.0. The van der Waals surface area contributed by atoms with Gasteiger partial charge in [-0.1, -0.05) is 0 Å². The van der Waals surface area contributed by atoms with E-state index in [2.05, 4.69) is 5.32 Å². The van der Waals surface area contributed by atoms with Gasteiger partial charge >= 0.3 is 0 Å². The summed E-state index contributed by atoms with van der Waals surface area (Å²) in [7, 11) is 0. The summed E-state index contributed by atoms with van der Waals surface area (Å²) in [5, 5.41) is 3.02. The van der Waals surface area contributed by atoms with Crippen molar-refractivity contribution in [2.24, 2.45) is 5.92 Å². The molecule has 1 amide bonds. The van der Waals surface area contributed by atoms with Crippen LogP contribution in [0, 0.1) is 11.7 Å². The molecule has 1 N–H and O–H groups in total. The van der Waals surface area contributed by atoms with Crippen LogP contribution in [0.4, 0.5) is 4.39 Å². The van der Waals surface area contributed by atoms with Crippen molar-refractivity contribution in [1.29, 1.82) is 0 Å². The zero-order valence-corrected chi connectivity index (χ0v) is 10.1. The van der Waals surface area contributed by atoms with Crippen LogP contribution in [-0.2, 0) is 4.79 Å². The first kappa shape index (κ1) is 11.5. The summed E-state index contributed by atoms with van der Waals surface area (Å²) in [5.41, 5.74) is 0.765. The third kappa shape index (κ3) is 2.33. The molecule has 0 bridgehead atoms. The summed E-state index contributed by atoms with van der Waals surface area (Å²) in [6, 6.07) is 4.39. The van der Waals surface area contributed by atoms with Crippen molar-refractivity contribution in [3.05, 3.63) is 29.6 Å². The van der Waals surface area contributed by atoms with Crippen LogP contribution in [0.5, 0.6) is 5.75 Å². The predicted molar refractivity (Wildman–Crippen MR) is 64.7 cm³/mol. The Bertz CT molecular complexity index is 471. The summed E-state index contributed by atoms with van der Waals surface area (Å²) in [5.74, 6) is 0.670. The molecule has 2 aliphatic rings. The van der Waals surface area contributed by atoms with Crippen molar-refractivity contribution in [1.82, 2.24) is 5.32 Å². The molecule has 1 aromatic rings. The van der Waals surface area contributed by atoms with E-state index in [1.165, 1.54) is 12.1 Å². The number of rotatable bonds is 2. The van der Waals surface area contributed by atoms with Gasteiger partial charge < -0.3 is 10.1 Å². The molecule has 1 aromatic carbocycles. The van der Waals surface area contributed by atoms with Gasteiger partial charge in [0.25, 0.3) is 0 Å². The largest absolute Gasteiger partial charge is 0.493 e. The van der Waals surface area contributed by atoms with E-state index in [4.69, 9.17) is 4.74 Å². The van der Waals surface area contributed by atoms with Gasteiger partial charge in [0, 0.05) is 11.5 Å². The third-order valence-electron chi connectivity index (χ3n) is 3.51. The summed E-state index contributed by atoms with van der Waals surface area (Å²) < 4.78 is 18.9. The molecular formula is C14H16FNO2. The maximum absolute atomic E-state index is 13.3. The van der Waals surface area contributed by atoms with Gasteiger partial charge in [0.15, 0.2) is 0 Å². The van der Waals surface area contributed by atoms with Crippen LogP contribution in [0.2, 0.25) is 0 Å². The smallest absolute Gasteiger partial charge is 0.223 e. The van der Waals surface area contributed by atoms with Gasteiger partial charge in [0.1, 0.15) is 11.6 Å². The molecule has 0 spiro atoms. The number of benzene rings is 1.